The minimum atomic E-state index is 0.0851. The van der Waals surface area contributed by atoms with Crippen LogP contribution in [0.25, 0.3) is 0 Å². The molecule has 4 heteroatoms. The molecule has 1 atom stereocenters. The molecule has 1 heterocycles. The average molecular weight is 298 g/mol. The zero-order valence-electron chi connectivity index (χ0n) is 12.1. The summed E-state index contributed by atoms with van der Waals surface area (Å²) >= 11 is 5.96. The zero-order chi connectivity index (χ0) is 14.2. The maximum absolute atomic E-state index is 6.28. The fourth-order valence-corrected chi connectivity index (χ4v) is 2.50. The Hall–Kier alpha value is -0.610. The molecule has 1 aromatic carbocycles. The zero-order valence-corrected chi connectivity index (χ0v) is 12.9. The lowest BCUT2D eigenvalue weighted by molar-refractivity contribution is -0.0688. The molecule has 1 N–H and O–H groups in total. The van der Waals surface area contributed by atoms with Crippen LogP contribution in [0.2, 0.25) is 5.02 Å². The van der Waals surface area contributed by atoms with Crippen LogP contribution in [-0.2, 0) is 9.47 Å². The molecule has 0 aliphatic carbocycles. The van der Waals surface area contributed by atoms with Crippen molar-refractivity contribution in [2.24, 2.45) is 0 Å². The van der Waals surface area contributed by atoms with Crippen molar-refractivity contribution in [3.63, 3.8) is 0 Å². The average Bonchev–Trinajstić information content (AvgIpc) is 2.48. The van der Waals surface area contributed by atoms with Gasteiger partial charge in [-0.2, -0.15) is 0 Å². The van der Waals surface area contributed by atoms with Gasteiger partial charge in [0.05, 0.1) is 12.2 Å². The van der Waals surface area contributed by atoms with Gasteiger partial charge in [-0.1, -0.05) is 30.7 Å². The second kappa shape index (κ2) is 8.63. The number of benzene rings is 1. The van der Waals surface area contributed by atoms with Crippen molar-refractivity contribution >= 4 is 11.6 Å². The van der Waals surface area contributed by atoms with Crippen LogP contribution in [0.15, 0.2) is 24.3 Å². The molecule has 0 radical (unpaired) electrons. The second-order valence-corrected chi connectivity index (χ2v) is 5.63. The minimum absolute atomic E-state index is 0.0851. The third kappa shape index (κ3) is 5.06. The van der Waals surface area contributed by atoms with E-state index in [1.807, 2.05) is 12.1 Å². The van der Waals surface area contributed by atoms with E-state index in [2.05, 4.69) is 24.4 Å². The highest BCUT2D eigenvalue weighted by Crippen LogP contribution is 2.24. The molecule has 1 unspecified atom stereocenters. The summed E-state index contributed by atoms with van der Waals surface area (Å²) < 4.78 is 11.7. The monoisotopic (exact) mass is 297 g/mol. The highest BCUT2D eigenvalue weighted by molar-refractivity contribution is 6.30. The van der Waals surface area contributed by atoms with Gasteiger partial charge in [-0.15, -0.1) is 0 Å². The van der Waals surface area contributed by atoms with Gasteiger partial charge >= 0.3 is 0 Å². The molecule has 0 aromatic heterocycles. The minimum Gasteiger partial charge on any atom is -0.381 e. The summed E-state index contributed by atoms with van der Waals surface area (Å²) in [4.78, 5) is 0. The fraction of sp³-hybridized carbons (Fsp3) is 0.625. The third-order valence-corrected chi connectivity index (χ3v) is 3.78. The van der Waals surface area contributed by atoms with Gasteiger partial charge in [-0.05, 0) is 43.5 Å². The Morgan fingerprint density at radius 3 is 2.65 bits per heavy atom. The highest BCUT2D eigenvalue weighted by Gasteiger charge is 2.20. The van der Waals surface area contributed by atoms with Crippen molar-refractivity contribution in [2.75, 3.05) is 26.3 Å². The lowest BCUT2D eigenvalue weighted by Crippen LogP contribution is -2.30. The van der Waals surface area contributed by atoms with Crippen LogP contribution in [-0.4, -0.2) is 32.4 Å². The number of ether oxygens (including phenoxy) is 2. The summed E-state index contributed by atoms with van der Waals surface area (Å²) in [5.41, 5.74) is 1.18. The smallest absolute Gasteiger partial charge is 0.0953 e. The molecule has 1 saturated heterocycles. The Kier molecular flexibility index (Phi) is 6.80. The van der Waals surface area contributed by atoms with Crippen LogP contribution >= 0.6 is 11.6 Å². The molecule has 1 aromatic rings. The number of nitrogens with one attached hydrogen (secondary N) is 1. The van der Waals surface area contributed by atoms with E-state index in [1.165, 1.54) is 5.56 Å². The molecule has 1 fully saturated rings. The molecule has 0 amide bonds. The summed E-state index contributed by atoms with van der Waals surface area (Å²) in [6.45, 7) is 5.64. The molecule has 2 rings (SSSR count). The first-order valence-corrected chi connectivity index (χ1v) is 7.86. The van der Waals surface area contributed by atoms with Crippen LogP contribution in [0.5, 0.6) is 0 Å². The van der Waals surface area contributed by atoms with Gasteiger partial charge in [-0.25, -0.2) is 0 Å². The fourth-order valence-electron chi connectivity index (χ4n) is 2.38. The molecule has 0 bridgehead atoms. The number of halogens is 1. The van der Waals surface area contributed by atoms with E-state index in [0.29, 0.717) is 6.10 Å². The Balaban J connectivity index is 1.97. The van der Waals surface area contributed by atoms with Crippen molar-refractivity contribution in [3.8, 4) is 0 Å². The van der Waals surface area contributed by atoms with Crippen molar-refractivity contribution in [1.82, 2.24) is 5.32 Å². The first-order chi connectivity index (χ1) is 9.79. The summed E-state index contributed by atoms with van der Waals surface area (Å²) in [7, 11) is 0. The standard InChI is InChI=1S/C16H24ClNO2/c1-2-9-18-12-16(13-3-5-14(17)6-4-13)20-15-7-10-19-11-8-15/h3-6,15-16,18H,2,7-12H2,1H3. The molecule has 0 saturated carbocycles. The van der Waals surface area contributed by atoms with Crippen LogP contribution in [0, 0.1) is 0 Å². The van der Waals surface area contributed by atoms with E-state index in [-0.39, 0.29) is 6.10 Å². The molecular weight excluding hydrogens is 274 g/mol. The second-order valence-electron chi connectivity index (χ2n) is 5.19. The first-order valence-electron chi connectivity index (χ1n) is 7.49. The maximum Gasteiger partial charge on any atom is 0.0953 e. The van der Waals surface area contributed by atoms with Crippen molar-refractivity contribution in [3.05, 3.63) is 34.9 Å². The van der Waals surface area contributed by atoms with E-state index in [4.69, 9.17) is 21.1 Å². The summed E-state index contributed by atoms with van der Waals surface area (Å²) in [5, 5.41) is 4.21. The predicted octanol–water partition coefficient (Wildman–Crippen LogP) is 3.58. The Bertz CT molecular complexity index is 377. The number of hydrogen-bond acceptors (Lipinski definition) is 3. The van der Waals surface area contributed by atoms with Gasteiger partial charge in [0.25, 0.3) is 0 Å². The van der Waals surface area contributed by atoms with Gasteiger partial charge in [0.1, 0.15) is 0 Å². The van der Waals surface area contributed by atoms with Crippen molar-refractivity contribution < 1.29 is 9.47 Å². The van der Waals surface area contributed by atoms with E-state index in [1.54, 1.807) is 0 Å². The van der Waals surface area contributed by atoms with Crippen LogP contribution in [0.4, 0.5) is 0 Å². The first kappa shape index (κ1) is 15.8. The van der Waals surface area contributed by atoms with Crippen LogP contribution in [0.3, 0.4) is 0 Å². The molecule has 0 spiro atoms. The number of hydrogen-bond donors (Lipinski definition) is 1. The van der Waals surface area contributed by atoms with E-state index >= 15 is 0 Å². The molecule has 20 heavy (non-hydrogen) atoms. The van der Waals surface area contributed by atoms with Crippen LogP contribution in [0.1, 0.15) is 37.9 Å². The Labute approximate surface area is 126 Å². The van der Waals surface area contributed by atoms with Crippen molar-refractivity contribution in [1.29, 1.82) is 0 Å². The van der Waals surface area contributed by atoms with E-state index in [0.717, 1.165) is 50.6 Å². The van der Waals surface area contributed by atoms with E-state index < -0.39 is 0 Å². The molecule has 3 nitrogen and oxygen atoms in total. The normalized spacial score (nSPS) is 18.1. The van der Waals surface area contributed by atoms with Gasteiger partial charge in [-0.3, -0.25) is 0 Å². The summed E-state index contributed by atoms with van der Waals surface area (Å²) in [5.74, 6) is 0. The summed E-state index contributed by atoms with van der Waals surface area (Å²) in [6, 6.07) is 7.97. The Morgan fingerprint density at radius 1 is 1.30 bits per heavy atom. The Morgan fingerprint density at radius 2 is 2.00 bits per heavy atom. The molecule has 112 valence electrons. The summed E-state index contributed by atoms with van der Waals surface area (Å²) in [6.07, 6.45) is 3.48. The van der Waals surface area contributed by atoms with Gasteiger partial charge in [0.2, 0.25) is 0 Å². The predicted molar refractivity (Wildman–Crippen MR) is 82.3 cm³/mol. The molecular formula is C16H24ClNO2. The van der Waals surface area contributed by atoms with E-state index in [9.17, 15) is 0 Å². The van der Waals surface area contributed by atoms with Crippen molar-refractivity contribution in [2.45, 2.75) is 38.4 Å². The third-order valence-electron chi connectivity index (χ3n) is 3.52. The quantitative estimate of drug-likeness (QED) is 0.780. The largest absolute Gasteiger partial charge is 0.381 e. The van der Waals surface area contributed by atoms with Gasteiger partial charge < -0.3 is 14.8 Å². The van der Waals surface area contributed by atoms with Crippen LogP contribution < -0.4 is 5.32 Å². The van der Waals surface area contributed by atoms with Gasteiger partial charge in [0, 0.05) is 24.8 Å². The maximum atomic E-state index is 6.28. The SMILES string of the molecule is CCCNCC(OC1CCOCC1)c1ccc(Cl)cc1. The number of rotatable bonds is 7. The topological polar surface area (TPSA) is 30.5 Å². The van der Waals surface area contributed by atoms with Gasteiger partial charge in [0.15, 0.2) is 0 Å². The molecule has 1 aliphatic heterocycles. The highest BCUT2D eigenvalue weighted by atomic mass is 35.5. The lowest BCUT2D eigenvalue weighted by Gasteiger charge is -2.28. The lowest BCUT2D eigenvalue weighted by atomic mass is 10.1. The molecule has 1 aliphatic rings.